The van der Waals surface area contributed by atoms with Gasteiger partial charge >= 0.3 is 0 Å². The second kappa shape index (κ2) is 7.75. The molecule has 2 aromatic rings. The fourth-order valence-corrected chi connectivity index (χ4v) is 4.07. The number of nitrogens with one attached hydrogen (secondary N) is 1. The minimum atomic E-state index is -0.357. The number of rotatable bonds is 3. The number of pyridine rings is 1. The van der Waals surface area contributed by atoms with Crippen molar-refractivity contribution in [2.24, 2.45) is 0 Å². The van der Waals surface area contributed by atoms with E-state index in [9.17, 15) is 14.4 Å². The topological polar surface area (TPSA) is 82.7 Å². The van der Waals surface area contributed by atoms with Crippen LogP contribution in [0.25, 0.3) is 10.9 Å². The lowest BCUT2D eigenvalue weighted by atomic mass is 10.1. The van der Waals surface area contributed by atoms with Crippen molar-refractivity contribution >= 4 is 22.7 Å². The number of likely N-dealkylation sites (tertiary alicyclic amines) is 1. The number of hydrogen-bond acceptors (Lipinski definition) is 4. The van der Waals surface area contributed by atoms with E-state index in [0.29, 0.717) is 38.4 Å². The fourth-order valence-electron chi connectivity index (χ4n) is 4.07. The number of hydrogen-bond donors (Lipinski definition) is 1. The summed E-state index contributed by atoms with van der Waals surface area (Å²) in [5.41, 5.74) is 2.19. The summed E-state index contributed by atoms with van der Waals surface area (Å²) >= 11 is 0. The molecule has 3 heterocycles. The molecule has 7 heteroatoms. The number of aromatic amines is 1. The highest BCUT2D eigenvalue weighted by atomic mass is 16.5. The molecule has 28 heavy (non-hydrogen) atoms. The predicted molar refractivity (Wildman–Crippen MR) is 105 cm³/mol. The van der Waals surface area contributed by atoms with Crippen molar-refractivity contribution in [3.05, 3.63) is 45.7 Å². The van der Waals surface area contributed by atoms with Gasteiger partial charge in [0.25, 0.3) is 5.56 Å². The van der Waals surface area contributed by atoms with Crippen molar-refractivity contribution in [2.75, 3.05) is 32.8 Å². The quantitative estimate of drug-likeness (QED) is 0.864. The average molecular weight is 383 g/mol. The van der Waals surface area contributed by atoms with Crippen molar-refractivity contribution in [2.45, 2.75) is 32.2 Å². The molecular weight excluding hydrogens is 358 g/mol. The van der Waals surface area contributed by atoms with Gasteiger partial charge in [0.05, 0.1) is 19.6 Å². The van der Waals surface area contributed by atoms with Gasteiger partial charge in [-0.25, -0.2) is 0 Å². The van der Waals surface area contributed by atoms with Gasteiger partial charge in [0.2, 0.25) is 11.8 Å². The van der Waals surface area contributed by atoms with Crippen molar-refractivity contribution in [1.29, 1.82) is 0 Å². The van der Waals surface area contributed by atoms with Crippen molar-refractivity contribution in [3.63, 3.8) is 0 Å². The number of aryl methyl sites for hydroxylation is 1. The number of carbonyl (C=O) groups excluding carboxylic acids is 2. The van der Waals surface area contributed by atoms with Gasteiger partial charge in [-0.05, 0) is 48.9 Å². The molecule has 2 fully saturated rings. The summed E-state index contributed by atoms with van der Waals surface area (Å²) in [5.74, 6) is 0.0190. The summed E-state index contributed by atoms with van der Waals surface area (Å²) in [5, 5.41) is 0.907. The first kappa shape index (κ1) is 18.7. The summed E-state index contributed by atoms with van der Waals surface area (Å²) in [6.07, 6.45) is 1.83. The van der Waals surface area contributed by atoms with E-state index in [0.717, 1.165) is 29.3 Å². The van der Waals surface area contributed by atoms with Gasteiger partial charge in [0, 0.05) is 30.7 Å². The zero-order valence-electron chi connectivity index (χ0n) is 16.1. The summed E-state index contributed by atoms with van der Waals surface area (Å²) in [6, 6.07) is 7.11. The van der Waals surface area contributed by atoms with Crippen LogP contribution in [0.3, 0.4) is 0 Å². The second-order valence-corrected chi connectivity index (χ2v) is 7.56. The van der Waals surface area contributed by atoms with Crippen LogP contribution < -0.4 is 5.56 Å². The maximum absolute atomic E-state index is 12.9. The first-order chi connectivity index (χ1) is 13.5. The first-order valence-electron chi connectivity index (χ1n) is 9.81. The van der Waals surface area contributed by atoms with E-state index >= 15 is 0 Å². The number of benzene rings is 1. The second-order valence-electron chi connectivity index (χ2n) is 7.56. The monoisotopic (exact) mass is 383 g/mol. The predicted octanol–water partition coefficient (Wildman–Crippen LogP) is 1.23. The van der Waals surface area contributed by atoms with Crippen LogP contribution in [0.5, 0.6) is 0 Å². The van der Waals surface area contributed by atoms with Crippen LogP contribution in [0.1, 0.15) is 24.0 Å². The Kier molecular flexibility index (Phi) is 5.17. The van der Waals surface area contributed by atoms with Crippen molar-refractivity contribution < 1.29 is 14.3 Å². The van der Waals surface area contributed by atoms with Crippen LogP contribution in [0.2, 0.25) is 0 Å². The molecule has 0 aliphatic carbocycles. The molecule has 0 bridgehead atoms. The standard InChI is InChI=1S/C21H25N3O4/c1-14-11-16-12-15(4-5-17(16)22-20(14)26)13-19(25)24-6-2-3-18(24)21(27)23-7-9-28-10-8-23/h4-5,11-12,18H,2-3,6-10,13H2,1H3,(H,22,26)/t18-/m0/s1. The summed E-state index contributed by atoms with van der Waals surface area (Å²) in [7, 11) is 0. The smallest absolute Gasteiger partial charge is 0.251 e. The molecule has 1 atom stereocenters. The number of fused-ring (bicyclic) bond motifs is 1. The summed E-state index contributed by atoms with van der Waals surface area (Å²) in [4.78, 5) is 43.9. The minimum absolute atomic E-state index is 0.0235. The van der Waals surface area contributed by atoms with Gasteiger partial charge in [0.1, 0.15) is 6.04 Å². The molecule has 7 nitrogen and oxygen atoms in total. The van der Waals surface area contributed by atoms with Crippen molar-refractivity contribution in [1.82, 2.24) is 14.8 Å². The molecule has 0 spiro atoms. The zero-order valence-corrected chi connectivity index (χ0v) is 16.1. The molecule has 2 aliphatic rings. The summed E-state index contributed by atoms with van der Waals surface area (Å²) in [6.45, 7) is 4.71. The Morgan fingerprint density at radius 1 is 1.18 bits per heavy atom. The molecule has 2 aliphatic heterocycles. The minimum Gasteiger partial charge on any atom is -0.378 e. The van der Waals surface area contributed by atoms with E-state index in [1.807, 2.05) is 29.2 Å². The van der Waals surface area contributed by atoms with Gasteiger partial charge in [-0.15, -0.1) is 0 Å². The van der Waals surface area contributed by atoms with Gasteiger partial charge in [-0.3, -0.25) is 14.4 Å². The Bertz CT molecular complexity index is 962. The molecule has 0 radical (unpaired) electrons. The Hall–Kier alpha value is -2.67. The molecular formula is C21H25N3O4. The molecule has 0 saturated carbocycles. The fraction of sp³-hybridized carbons (Fsp3) is 0.476. The molecule has 1 aromatic carbocycles. The van der Waals surface area contributed by atoms with Crippen LogP contribution in [0.15, 0.2) is 29.1 Å². The Morgan fingerprint density at radius 2 is 1.96 bits per heavy atom. The van der Waals surface area contributed by atoms with Crippen molar-refractivity contribution in [3.8, 4) is 0 Å². The maximum atomic E-state index is 12.9. The van der Waals surface area contributed by atoms with Crippen LogP contribution in [0.4, 0.5) is 0 Å². The molecule has 148 valence electrons. The number of ether oxygens (including phenoxy) is 1. The third-order valence-corrected chi connectivity index (χ3v) is 5.63. The Morgan fingerprint density at radius 3 is 2.75 bits per heavy atom. The normalized spacial score (nSPS) is 20.0. The van der Waals surface area contributed by atoms with Crippen LogP contribution in [0, 0.1) is 6.92 Å². The van der Waals surface area contributed by atoms with Gasteiger partial charge in [-0.1, -0.05) is 6.07 Å². The van der Waals surface area contributed by atoms with E-state index in [1.165, 1.54) is 0 Å². The third kappa shape index (κ3) is 3.67. The Balaban J connectivity index is 1.49. The SMILES string of the molecule is Cc1cc2cc(CC(=O)N3CCC[C@H]3C(=O)N3CCOCC3)ccc2[nH]c1=O. The van der Waals surface area contributed by atoms with Crippen LogP contribution in [-0.4, -0.2) is 65.5 Å². The van der Waals surface area contributed by atoms with E-state index < -0.39 is 0 Å². The van der Waals surface area contributed by atoms with E-state index in [-0.39, 0.29) is 29.8 Å². The number of aromatic nitrogens is 1. The molecule has 1 aromatic heterocycles. The lowest BCUT2D eigenvalue weighted by molar-refractivity contribution is -0.146. The molecule has 0 unspecified atom stereocenters. The van der Waals surface area contributed by atoms with Crippen LogP contribution in [-0.2, 0) is 20.7 Å². The zero-order chi connectivity index (χ0) is 19.7. The lowest BCUT2D eigenvalue weighted by Gasteiger charge is -2.32. The Labute approximate surface area is 163 Å². The van der Waals surface area contributed by atoms with Crippen LogP contribution >= 0.6 is 0 Å². The number of H-pyrrole nitrogens is 1. The van der Waals surface area contributed by atoms with Gasteiger partial charge < -0.3 is 19.5 Å². The summed E-state index contributed by atoms with van der Waals surface area (Å²) < 4.78 is 5.32. The molecule has 4 rings (SSSR count). The third-order valence-electron chi connectivity index (χ3n) is 5.63. The highest BCUT2D eigenvalue weighted by Crippen LogP contribution is 2.22. The van der Waals surface area contributed by atoms with E-state index in [1.54, 1.807) is 11.8 Å². The lowest BCUT2D eigenvalue weighted by Crippen LogP contribution is -2.51. The maximum Gasteiger partial charge on any atom is 0.251 e. The number of morpholine rings is 1. The number of carbonyl (C=O) groups is 2. The van der Waals surface area contributed by atoms with E-state index in [2.05, 4.69) is 4.98 Å². The average Bonchev–Trinajstić information content (AvgIpc) is 3.19. The number of nitrogens with zero attached hydrogens (tertiary/aromatic N) is 2. The molecule has 1 N–H and O–H groups in total. The van der Waals surface area contributed by atoms with Gasteiger partial charge in [-0.2, -0.15) is 0 Å². The van der Waals surface area contributed by atoms with E-state index in [4.69, 9.17) is 4.74 Å². The molecule has 2 amide bonds. The van der Waals surface area contributed by atoms with Gasteiger partial charge in [0.15, 0.2) is 0 Å². The number of amides is 2. The highest BCUT2D eigenvalue weighted by Gasteiger charge is 2.36. The largest absolute Gasteiger partial charge is 0.378 e. The highest BCUT2D eigenvalue weighted by molar-refractivity contribution is 5.90. The molecule has 2 saturated heterocycles. The first-order valence-corrected chi connectivity index (χ1v) is 9.81.